The molecular formula is C75H107ClF3N13O12. The van der Waals surface area contributed by atoms with Crippen LogP contribution in [0.3, 0.4) is 0 Å². The first-order valence-electron chi connectivity index (χ1n) is 35.8. The van der Waals surface area contributed by atoms with Crippen molar-refractivity contribution in [1.29, 1.82) is 0 Å². The molecule has 3 fully saturated rings. The minimum absolute atomic E-state index is 0.0669. The number of carbonyl (C=O) groups is 12. The highest BCUT2D eigenvalue weighted by Crippen LogP contribution is 2.37. The lowest BCUT2D eigenvalue weighted by atomic mass is 9.90. The lowest BCUT2D eigenvalue weighted by Gasteiger charge is -2.45. The summed E-state index contributed by atoms with van der Waals surface area (Å²) in [4.78, 5) is 195. The normalized spacial score (nSPS) is 24.9. The summed E-state index contributed by atoms with van der Waals surface area (Å²) in [5, 5.41) is 8.04. The zero-order chi connectivity index (χ0) is 77.7. The smallest absolute Gasteiger partial charge is 0.347 e. The van der Waals surface area contributed by atoms with Crippen LogP contribution in [-0.4, -0.2) is 256 Å². The highest BCUT2D eigenvalue weighted by molar-refractivity contribution is 6.31. The number of aryl methyl sites for hydroxylation is 2. The fraction of sp³-hybridized carbons (Fsp3) is 0.613. The molecule has 12 amide bonds. The second kappa shape index (κ2) is 36.3. The van der Waals surface area contributed by atoms with Gasteiger partial charge in [0.1, 0.15) is 59.9 Å². The first kappa shape index (κ1) is 84.2. The van der Waals surface area contributed by atoms with E-state index in [4.69, 9.17) is 11.6 Å². The molecule has 1 spiro atoms. The van der Waals surface area contributed by atoms with Gasteiger partial charge in [0, 0.05) is 95.2 Å². The van der Waals surface area contributed by atoms with Gasteiger partial charge in [-0.15, -0.1) is 0 Å². The number of nitrogens with zero attached hydrogens (tertiary/aromatic N) is 10. The summed E-state index contributed by atoms with van der Waals surface area (Å²) in [7, 11) is 12.5. The highest BCUT2D eigenvalue weighted by atomic mass is 35.5. The number of benzene rings is 2. The number of alkyl halides is 3. The number of hydrogen-bond donors (Lipinski definition) is 3. The molecule has 6 rings (SSSR count). The summed E-state index contributed by atoms with van der Waals surface area (Å²) < 4.78 is 41.9. The summed E-state index contributed by atoms with van der Waals surface area (Å²) >= 11 is 6.19. The van der Waals surface area contributed by atoms with Crippen LogP contribution in [0.4, 0.5) is 13.2 Å². The van der Waals surface area contributed by atoms with E-state index in [1.54, 1.807) is 38.1 Å². The monoisotopic (exact) mass is 1470 g/mol. The van der Waals surface area contributed by atoms with Crippen molar-refractivity contribution in [3.63, 3.8) is 0 Å². The molecule has 2 aromatic carbocycles. The number of fused-ring (bicyclic) bond motifs is 1. The van der Waals surface area contributed by atoms with E-state index in [0.29, 0.717) is 36.8 Å². The Balaban J connectivity index is 1.50. The summed E-state index contributed by atoms with van der Waals surface area (Å²) in [5.74, 6) is -9.99. The Morgan fingerprint density at radius 1 is 0.663 bits per heavy atom. The van der Waals surface area contributed by atoms with Crippen molar-refractivity contribution in [1.82, 2.24) is 65.0 Å². The first-order valence-corrected chi connectivity index (χ1v) is 36.2. The van der Waals surface area contributed by atoms with Crippen LogP contribution < -0.4 is 16.0 Å². The van der Waals surface area contributed by atoms with Gasteiger partial charge in [-0.05, 0) is 111 Å². The maximum Gasteiger partial charge on any atom is 0.417 e. The van der Waals surface area contributed by atoms with Crippen LogP contribution in [0, 0.1) is 24.7 Å². The number of rotatable bonds is 14. The van der Waals surface area contributed by atoms with Gasteiger partial charge < -0.3 is 60.0 Å². The minimum Gasteiger partial charge on any atom is -0.347 e. The molecule has 0 bridgehead atoms. The Kier molecular flexibility index (Phi) is 29.4. The number of carbonyl (C=O) groups excluding carboxylic acids is 12. The molecule has 29 heteroatoms. The third kappa shape index (κ3) is 20.2. The Hall–Kier alpha value is -8.69. The van der Waals surface area contributed by atoms with E-state index >= 15 is 24.0 Å². The van der Waals surface area contributed by atoms with E-state index in [0.717, 1.165) is 32.4 Å². The molecule has 3 aromatic rings. The van der Waals surface area contributed by atoms with Crippen molar-refractivity contribution in [2.75, 3.05) is 76.5 Å². The van der Waals surface area contributed by atoms with Crippen molar-refractivity contribution in [3.05, 3.63) is 99.8 Å². The predicted molar refractivity (Wildman–Crippen MR) is 385 cm³/mol. The molecule has 3 heterocycles. The van der Waals surface area contributed by atoms with E-state index < -0.39 is 172 Å². The Bertz CT molecular complexity index is 3600. The molecule has 3 N–H and O–H groups in total. The molecule has 2 aliphatic heterocycles. The lowest BCUT2D eigenvalue weighted by molar-refractivity contribution is -0.160. The standard InChI is InChI=1S/C75H107ClF3N13O12/c1-18-46(6)62-71(102)86(12)48(8)66(97)92-37-32-55(92)70(101)89(15)58(41-50-24-22-45(5)23-25-50)69(100)85(11)43-60(93)81-54(29-27-49-26-28-52(53(76)39-49)75(77,78)79)67(98)88(14)57(40-51-30-35-80-36-31-51)65(96)83-74(33-20-21-34-74)73(104)91(17)63(47(7)19-2)72(103)90(16)59(68(99)84(9)10)42-61(94)87(13)56(38-44(3)4)64(95)82-62/h22-26,28,30-31,35-36,39,44,46-48,54-59,62-63H,18-21,27,29,32-34,37-38,40-43H2,1-17H3,(H,81,93)(H,82,95)(H,83,96)/t46-,47-,48-,54-,55-,56-,57-,58-,59-,62-,63-/m0/s1. The van der Waals surface area contributed by atoms with Gasteiger partial charge in [-0.25, -0.2) is 0 Å². The molecule has 11 atom stereocenters. The summed E-state index contributed by atoms with van der Waals surface area (Å²) in [6, 6.07) is 1.60. The van der Waals surface area contributed by atoms with E-state index in [2.05, 4.69) is 20.9 Å². The molecule has 1 aliphatic carbocycles. The molecule has 3 aliphatic rings. The van der Waals surface area contributed by atoms with Gasteiger partial charge in [0.2, 0.25) is 70.9 Å². The summed E-state index contributed by atoms with van der Waals surface area (Å²) in [6.45, 7) is 13.6. The van der Waals surface area contributed by atoms with Gasteiger partial charge in [0.15, 0.2) is 0 Å². The van der Waals surface area contributed by atoms with Crippen LogP contribution in [0.25, 0.3) is 0 Å². The average molecular weight is 1480 g/mol. The fourth-order valence-corrected chi connectivity index (χ4v) is 14.1. The zero-order valence-electron chi connectivity index (χ0n) is 63.3. The maximum atomic E-state index is 15.7. The molecule has 1 saturated carbocycles. The number of hydrogen-bond acceptors (Lipinski definition) is 13. The SMILES string of the molecule is CC[C@H](C)[C@@H]1NC(=O)[C@H](CC(C)C)N(C)C(=O)C[C@@H](C(=O)N(C)C)N(C)C(=O)[C@H]([C@@H](C)CC)N(C)C(=O)C2(CCCC2)NC(=O)[C@H](Cc2ccncc2)N(C)C(=O)[C@H](CCc2ccc(C(F)(F)F)c(Cl)c2)NC(=O)CN(C)C(=O)[C@H](Cc2ccc(C)cc2)N(C)C(=O)[C@@H]2CCN2C(=O)[C@H](C)N(C)C1=O. The van der Waals surface area contributed by atoms with Crippen LogP contribution in [0.1, 0.15) is 140 Å². The van der Waals surface area contributed by atoms with E-state index in [1.165, 1.54) is 118 Å². The molecule has 572 valence electrons. The summed E-state index contributed by atoms with van der Waals surface area (Å²) in [5.41, 5.74) is -0.495. The van der Waals surface area contributed by atoms with Crippen molar-refractivity contribution in [3.8, 4) is 0 Å². The number of aromatic nitrogens is 1. The second-order valence-corrected chi connectivity index (χ2v) is 29.7. The average Bonchev–Trinajstić information content (AvgIpc) is 1.14. The molecule has 0 radical (unpaired) electrons. The van der Waals surface area contributed by atoms with Crippen LogP contribution in [0.5, 0.6) is 0 Å². The molecule has 2 saturated heterocycles. The van der Waals surface area contributed by atoms with Crippen molar-refractivity contribution < 1.29 is 70.7 Å². The number of amides is 12. The zero-order valence-corrected chi connectivity index (χ0v) is 64.0. The maximum absolute atomic E-state index is 15.7. The van der Waals surface area contributed by atoms with Crippen LogP contribution in [0.2, 0.25) is 5.02 Å². The van der Waals surface area contributed by atoms with Crippen LogP contribution in [0.15, 0.2) is 67.0 Å². The Labute approximate surface area is 614 Å². The fourth-order valence-electron chi connectivity index (χ4n) is 13.8. The number of halogens is 4. The molecule has 25 nitrogen and oxygen atoms in total. The third-order valence-electron chi connectivity index (χ3n) is 21.2. The highest BCUT2D eigenvalue weighted by Gasteiger charge is 2.51. The van der Waals surface area contributed by atoms with E-state index in [9.17, 15) is 46.7 Å². The Morgan fingerprint density at radius 3 is 1.79 bits per heavy atom. The van der Waals surface area contributed by atoms with Gasteiger partial charge in [0.25, 0.3) is 0 Å². The minimum atomic E-state index is -4.80. The van der Waals surface area contributed by atoms with Crippen molar-refractivity contribution in [2.24, 2.45) is 17.8 Å². The van der Waals surface area contributed by atoms with Gasteiger partial charge in [0.05, 0.1) is 23.6 Å². The first-order chi connectivity index (χ1) is 48.7. The van der Waals surface area contributed by atoms with Crippen molar-refractivity contribution >= 4 is 82.5 Å². The third-order valence-corrected chi connectivity index (χ3v) is 21.5. The van der Waals surface area contributed by atoms with Gasteiger partial charge >= 0.3 is 6.18 Å². The molecule has 104 heavy (non-hydrogen) atoms. The number of pyridine rings is 1. The van der Waals surface area contributed by atoms with E-state index in [1.807, 2.05) is 46.8 Å². The van der Waals surface area contributed by atoms with Gasteiger partial charge in [-0.2, -0.15) is 13.2 Å². The largest absolute Gasteiger partial charge is 0.417 e. The second-order valence-electron chi connectivity index (χ2n) is 29.3. The summed E-state index contributed by atoms with van der Waals surface area (Å²) in [6.07, 6.45) is -1.13. The molecular weight excluding hydrogens is 1370 g/mol. The predicted octanol–water partition coefficient (Wildman–Crippen LogP) is 5.55. The Morgan fingerprint density at radius 2 is 1.24 bits per heavy atom. The molecule has 1 aromatic heterocycles. The topological polar surface area (TPSA) is 283 Å². The van der Waals surface area contributed by atoms with Gasteiger partial charge in [-0.1, -0.05) is 115 Å². The van der Waals surface area contributed by atoms with E-state index in [-0.39, 0.29) is 69.4 Å². The van der Waals surface area contributed by atoms with Crippen molar-refractivity contribution in [2.45, 2.75) is 205 Å². The van der Waals surface area contributed by atoms with Gasteiger partial charge in [-0.3, -0.25) is 62.5 Å². The number of likely N-dealkylation sites (N-methyl/N-ethyl adjacent to an activating group) is 8. The quantitative estimate of drug-likeness (QED) is 0.179. The van der Waals surface area contributed by atoms with Crippen LogP contribution >= 0.6 is 11.6 Å². The number of nitrogens with one attached hydrogen (secondary N) is 3. The van der Waals surface area contributed by atoms with Crippen LogP contribution in [-0.2, 0) is 83.0 Å². The lowest BCUT2D eigenvalue weighted by Crippen LogP contribution is -2.65. The molecule has 0 unspecified atom stereocenters.